The van der Waals surface area contributed by atoms with Gasteiger partial charge in [0.2, 0.25) is 0 Å². The summed E-state index contributed by atoms with van der Waals surface area (Å²) >= 11 is 0. The summed E-state index contributed by atoms with van der Waals surface area (Å²) in [5.41, 5.74) is 11.4. The van der Waals surface area contributed by atoms with Crippen molar-refractivity contribution in [3.05, 3.63) is 167 Å². The van der Waals surface area contributed by atoms with Crippen LogP contribution in [-0.2, 0) is 5.41 Å². The fourth-order valence-corrected chi connectivity index (χ4v) is 6.17. The van der Waals surface area contributed by atoms with Crippen molar-refractivity contribution < 1.29 is 0 Å². The SMILES string of the molecule is Cc1ccc2cc(-c3ccc4c(c3)C(c3ccccc3)(c3ccccc3)c3ccccc3-4)ccc2c1. The molecule has 0 atom stereocenters. The summed E-state index contributed by atoms with van der Waals surface area (Å²) in [7, 11) is 0. The molecule has 0 N–H and O–H groups in total. The second-order valence-corrected chi connectivity index (χ2v) is 9.85. The lowest BCUT2D eigenvalue weighted by atomic mass is 9.67. The smallest absolute Gasteiger partial charge is 0.0622 e. The molecular formula is C36H26. The lowest BCUT2D eigenvalue weighted by Crippen LogP contribution is -2.28. The van der Waals surface area contributed by atoms with Crippen LogP contribution in [-0.4, -0.2) is 0 Å². The molecule has 0 saturated heterocycles. The van der Waals surface area contributed by atoms with E-state index in [1.54, 1.807) is 0 Å². The van der Waals surface area contributed by atoms with Crippen LogP contribution in [0, 0.1) is 6.92 Å². The van der Waals surface area contributed by atoms with Crippen molar-refractivity contribution in [2.45, 2.75) is 12.3 Å². The van der Waals surface area contributed by atoms with Gasteiger partial charge in [0.05, 0.1) is 5.41 Å². The Kier molecular flexibility index (Phi) is 4.69. The van der Waals surface area contributed by atoms with E-state index in [4.69, 9.17) is 0 Å². The summed E-state index contributed by atoms with van der Waals surface area (Å²) < 4.78 is 0. The lowest BCUT2D eigenvalue weighted by Gasteiger charge is -2.34. The van der Waals surface area contributed by atoms with Crippen LogP contribution in [0.5, 0.6) is 0 Å². The Hall–Kier alpha value is -4.42. The molecule has 6 aromatic carbocycles. The standard InChI is InChI=1S/C36H26/c1-25-16-17-27-23-28(19-18-26(27)22-25)29-20-21-33-32-14-8-9-15-34(32)36(35(33)24-29,30-10-4-2-5-11-30)31-12-6-3-7-13-31/h2-24H,1H3. The molecule has 0 aromatic heterocycles. The Bertz CT molecular complexity index is 1690. The average molecular weight is 459 g/mol. The van der Waals surface area contributed by atoms with Crippen molar-refractivity contribution in [3.63, 3.8) is 0 Å². The highest BCUT2D eigenvalue weighted by Crippen LogP contribution is 2.56. The van der Waals surface area contributed by atoms with Crippen LogP contribution in [0.2, 0.25) is 0 Å². The number of fused-ring (bicyclic) bond motifs is 4. The normalized spacial score (nSPS) is 13.4. The van der Waals surface area contributed by atoms with Crippen LogP contribution in [0.4, 0.5) is 0 Å². The summed E-state index contributed by atoms with van der Waals surface area (Å²) in [6, 6.07) is 51.5. The van der Waals surface area contributed by atoms with Gasteiger partial charge in [0.15, 0.2) is 0 Å². The Balaban J connectivity index is 1.53. The number of rotatable bonds is 3. The summed E-state index contributed by atoms with van der Waals surface area (Å²) in [5.74, 6) is 0. The van der Waals surface area contributed by atoms with Crippen molar-refractivity contribution in [1.82, 2.24) is 0 Å². The van der Waals surface area contributed by atoms with Crippen molar-refractivity contribution in [3.8, 4) is 22.3 Å². The van der Waals surface area contributed by atoms with Crippen LogP contribution in [0.15, 0.2) is 140 Å². The molecule has 1 aliphatic carbocycles. The molecule has 0 amide bonds. The topological polar surface area (TPSA) is 0 Å². The van der Waals surface area contributed by atoms with E-state index in [1.165, 1.54) is 60.8 Å². The van der Waals surface area contributed by atoms with Gasteiger partial charge >= 0.3 is 0 Å². The predicted octanol–water partition coefficient (Wildman–Crippen LogP) is 9.18. The van der Waals surface area contributed by atoms with E-state index in [0.717, 1.165) is 0 Å². The summed E-state index contributed by atoms with van der Waals surface area (Å²) in [5, 5.41) is 2.56. The number of hydrogen-bond donors (Lipinski definition) is 0. The first-order chi connectivity index (χ1) is 17.7. The molecular weight excluding hydrogens is 432 g/mol. The highest BCUT2D eigenvalue weighted by molar-refractivity contribution is 5.91. The molecule has 0 bridgehead atoms. The molecule has 170 valence electrons. The minimum absolute atomic E-state index is 0.363. The zero-order chi connectivity index (χ0) is 24.1. The second kappa shape index (κ2) is 8.07. The third-order valence-electron chi connectivity index (χ3n) is 7.79. The van der Waals surface area contributed by atoms with Crippen LogP contribution in [0.3, 0.4) is 0 Å². The van der Waals surface area contributed by atoms with Crippen LogP contribution >= 0.6 is 0 Å². The first-order valence-corrected chi connectivity index (χ1v) is 12.6. The van der Waals surface area contributed by atoms with Gasteiger partial charge in [0, 0.05) is 0 Å². The predicted molar refractivity (Wildman–Crippen MR) is 151 cm³/mol. The van der Waals surface area contributed by atoms with Gasteiger partial charge in [-0.25, -0.2) is 0 Å². The summed E-state index contributed by atoms with van der Waals surface area (Å²) in [6.07, 6.45) is 0. The Morgan fingerprint density at radius 2 is 0.972 bits per heavy atom. The maximum atomic E-state index is 2.44. The van der Waals surface area contributed by atoms with E-state index in [2.05, 4.69) is 146 Å². The van der Waals surface area contributed by atoms with Crippen molar-refractivity contribution >= 4 is 10.8 Å². The van der Waals surface area contributed by atoms with Gasteiger partial charge in [-0.1, -0.05) is 133 Å². The van der Waals surface area contributed by atoms with Gasteiger partial charge in [0.25, 0.3) is 0 Å². The zero-order valence-corrected chi connectivity index (χ0v) is 20.3. The number of benzene rings is 6. The van der Waals surface area contributed by atoms with Crippen LogP contribution in [0.1, 0.15) is 27.8 Å². The molecule has 0 aliphatic heterocycles. The lowest BCUT2D eigenvalue weighted by molar-refractivity contribution is 0.769. The maximum Gasteiger partial charge on any atom is 0.0713 e. The first-order valence-electron chi connectivity index (χ1n) is 12.6. The molecule has 0 unspecified atom stereocenters. The second-order valence-electron chi connectivity index (χ2n) is 9.85. The van der Waals surface area contributed by atoms with E-state index >= 15 is 0 Å². The van der Waals surface area contributed by atoms with E-state index in [9.17, 15) is 0 Å². The quantitative estimate of drug-likeness (QED) is 0.248. The van der Waals surface area contributed by atoms with Crippen molar-refractivity contribution in [2.24, 2.45) is 0 Å². The third-order valence-corrected chi connectivity index (χ3v) is 7.79. The molecule has 0 radical (unpaired) electrons. The molecule has 0 nitrogen and oxygen atoms in total. The fraction of sp³-hybridized carbons (Fsp3) is 0.0556. The Labute approximate surface area is 212 Å². The minimum Gasteiger partial charge on any atom is -0.0622 e. The molecule has 0 spiro atoms. The van der Waals surface area contributed by atoms with E-state index in [1.807, 2.05) is 0 Å². The summed E-state index contributed by atoms with van der Waals surface area (Å²) in [4.78, 5) is 0. The first kappa shape index (κ1) is 20.9. The van der Waals surface area contributed by atoms with E-state index in [-0.39, 0.29) is 5.41 Å². The van der Waals surface area contributed by atoms with E-state index in [0.29, 0.717) is 0 Å². The largest absolute Gasteiger partial charge is 0.0713 e. The van der Waals surface area contributed by atoms with Crippen LogP contribution in [0.25, 0.3) is 33.0 Å². The molecule has 7 rings (SSSR count). The van der Waals surface area contributed by atoms with Gasteiger partial charge in [-0.05, 0) is 74.3 Å². The molecule has 0 saturated carbocycles. The third kappa shape index (κ3) is 3.01. The maximum absolute atomic E-state index is 2.44. The highest BCUT2D eigenvalue weighted by Gasteiger charge is 2.45. The molecule has 0 fully saturated rings. The van der Waals surface area contributed by atoms with Gasteiger partial charge in [-0.2, -0.15) is 0 Å². The van der Waals surface area contributed by atoms with Gasteiger partial charge < -0.3 is 0 Å². The molecule has 6 aromatic rings. The summed E-state index contributed by atoms with van der Waals surface area (Å²) in [6.45, 7) is 2.15. The average Bonchev–Trinajstić information content (AvgIpc) is 3.24. The minimum atomic E-state index is -0.363. The highest BCUT2D eigenvalue weighted by atomic mass is 14.5. The van der Waals surface area contributed by atoms with Gasteiger partial charge in [-0.15, -0.1) is 0 Å². The fourth-order valence-electron chi connectivity index (χ4n) is 6.17. The molecule has 0 heterocycles. The monoisotopic (exact) mass is 458 g/mol. The van der Waals surface area contributed by atoms with Crippen LogP contribution < -0.4 is 0 Å². The van der Waals surface area contributed by atoms with Gasteiger partial charge in [-0.3, -0.25) is 0 Å². The van der Waals surface area contributed by atoms with Gasteiger partial charge in [0.1, 0.15) is 0 Å². The zero-order valence-electron chi connectivity index (χ0n) is 20.3. The Morgan fingerprint density at radius 1 is 0.417 bits per heavy atom. The van der Waals surface area contributed by atoms with E-state index < -0.39 is 0 Å². The molecule has 1 aliphatic rings. The number of aryl methyl sites for hydroxylation is 1. The van der Waals surface area contributed by atoms with Crippen molar-refractivity contribution in [1.29, 1.82) is 0 Å². The number of hydrogen-bond acceptors (Lipinski definition) is 0. The Morgan fingerprint density at radius 3 is 1.72 bits per heavy atom. The molecule has 36 heavy (non-hydrogen) atoms. The van der Waals surface area contributed by atoms with Crippen molar-refractivity contribution in [2.75, 3.05) is 0 Å². The molecule has 0 heteroatoms.